The Morgan fingerprint density at radius 1 is 0.868 bits per heavy atom. The number of halogens is 1. The number of aliphatic hydroxyl groups excluding tert-OH is 1. The van der Waals surface area contributed by atoms with E-state index in [9.17, 15) is 28.7 Å². The number of aliphatic hydroxyl groups is 1. The molecular weight excluding hydrogens is 505 g/mol. The highest BCUT2D eigenvalue weighted by Crippen LogP contribution is 2.45. The summed E-state index contributed by atoms with van der Waals surface area (Å²) in [6.45, 7) is 0. The predicted molar refractivity (Wildman–Crippen MR) is 145 cm³/mol. The molecule has 4 atom stereocenters. The molecule has 194 valence electrons. The Morgan fingerprint density at radius 3 is 2.26 bits per heavy atom. The Kier molecular flexibility index (Phi) is 7.26. The van der Waals surface area contributed by atoms with Gasteiger partial charge in [-0.25, -0.2) is 4.39 Å². The van der Waals surface area contributed by atoms with Crippen LogP contribution in [-0.2, 0) is 15.6 Å². The molecule has 1 amide bonds. The number of amides is 1. The molecule has 4 aromatic rings. The molecule has 0 radical (unpaired) electrons. The van der Waals surface area contributed by atoms with E-state index in [4.69, 9.17) is 0 Å². The van der Waals surface area contributed by atoms with Crippen LogP contribution in [-0.4, -0.2) is 36.4 Å². The number of phenolic OH excluding ortho intramolecular Hbond substituents is 2. The summed E-state index contributed by atoms with van der Waals surface area (Å²) in [5.41, 5.74) is 2.98. The smallest absolute Gasteiger partial charge is 0.245 e. The second-order valence-electron chi connectivity index (χ2n) is 9.17. The second kappa shape index (κ2) is 10.8. The third-order valence-electron chi connectivity index (χ3n) is 6.74. The van der Waals surface area contributed by atoms with E-state index in [1.54, 1.807) is 60.7 Å². The van der Waals surface area contributed by atoms with Gasteiger partial charge in [0.1, 0.15) is 22.6 Å². The van der Waals surface area contributed by atoms with E-state index in [1.807, 2.05) is 12.1 Å². The van der Waals surface area contributed by atoms with Crippen LogP contribution in [0.25, 0.3) is 11.1 Å². The lowest BCUT2D eigenvalue weighted by Gasteiger charge is -2.47. The van der Waals surface area contributed by atoms with Gasteiger partial charge < -0.3 is 20.2 Å². The number of nitrogens with zero attached hydrogens (tertiary/aromatic N) is 1. The fraction of sp³-hybridized carbons (Fsp3) is 0.167. The van der Waals surface area contributed by atoms with E-state index in [1.165, 1.54) is 29.2 Å². The molecule has 1 fully saturated rings. The van der Waals surface area contributed by atoms with Gasteiger partial charge in [-0.15, -0.1) is 0 Å². The van der Waals surface area contributed by atoms with E-state index in [0.717, 1.165) is 0 Å². The molecule has 0 aromatic heterocycles. The van der Waals surface area contributed by atoms with Crippen molar-refractivity contribution in [3.8, 4) is 22.6 Å². The lowest BCUT2D eigenvalue weighted by molar-refractivity contribution is -0.123. The molecule has 1 heterocycles. The van der Waals surface area contributed by atoms with E-state index in [-0.39, 0.29) is 29.6 Å². The SMILES string of the molecule is O=C1C(S(=O)CCC(O)c2ccc(F)cc2)C(c2ccc(-c3cccc(O)c3)cc2O)N1c1ccccc1. The van der Waals surface area contributed by atoms with Crippen molar-refractivity contribution in [1.29, 1.82) is 0 Å². The van der Waals surface area contributed by atoms with Crippen molar-refractivity contribution in [3.63, 3.8) is 0 Å². The topological polar surface area (TPSA) is 98.1 Å². The Balaban J connectivity index is 1.42. The number of rotatable bonds is 8. The quantitative estimate of drug-likeness (QED) is 0.271. The van der Waals surface area contributed by atoms with Crippen LogP contribution >= 0.6 is 0 Å². The molecule has 1 aliphatic heterocycles. The third-order valence-corrected chi connectivity index (χ3v) is 8.40. The molecule has 0 aliphatic carbocycles. The minimum atomic E-state index is -1.65. The zero-order valence-electron chi connectivity index (χ0n) is 20.3. The lowest BCUT2D eigenvalue weighted by atomic mass is 9.90. The van der Waals surface area contributed by atoms with Gasteiger partial charge >= 0.3 is 0 Å². The Morgan fingerprint density at radius 2 is 1.58 bits per heavy atom. The van der Waals surface area contributed by atoms with Crippen molar-refractivity contribution < 1.29 is 28.7 Å². The van der Waals surface area contributed by atoms with Gasteiger partial charge in [-0.05, 0) is 65.6 Å². The first-order valence-corrected chi connectivity index (χ1v) is 13.5. The maximum Gasteiger partial charge on any atom is 0.245 e. The maximum atomic E-state index is 13.4. The first-order valence-electron chi connectivity index (χ1n) is 12.1. The Labute approximate surface area is 222 Å². The summed E-state index contributed by atoms with van der Waals surface area (Å²) in [4.78, 5) is 14.8. The maximum absolute atomic E-state index is 13.4. The van der Waals surface area contributed by atoms with E-state index >= 15 is 0 Å². The van der Waals surface area contributed by atoms with Crippen LogP contribution in [0, 0.1) is 5.82 Å². The number of hydrogen-bond acceptors (Lipinski definition) is 5. The van der Waals surface area contributed by atoms with Crippen molar-refractivity contribution in [2.45, 2.75) is 23.8 Å². The van der Waals surface area contributed by atoms with Crippen molar-refractivity contribution >= 4 is 22.4 Å². The van der Waals surface area contributed by atoms with Gasteiger partial charge in [0.2, 0.25) is 5.91 Å². The molecule has 38 heavy (non-hydrogen) atoms. The van der Waals surface area contributed by atoms with Crippen LogP contribution in [0.1, 0.15) is 29.7 Å². The Hall–Kier alpha value is -4.01. The number of phenols is 2. The Bertz CT molecular complexity index is 1480. The summed E-state index contributed by atoms with van der Waals surface area (Å²) in [5.74, 6) is -0.645. The molecule has 4 aromatic carbocycles. The van der Waals surface area contributed by atoms with Crippen LogP contribution < -0.4 is 4.90 Å². The van der Waals surface area contributed by atoms with Gasteiger partial charge in [-0.3, -0.25) is 9.00 Å². The van der Waals surface area contributed by atoms with Crippen molar-refractivity contribution in [2.24, 2.45) is 0 Å². The van der Waals surface area contributed by atoms with Gasteiger partial charge in [0.25, 0.3) is 0 Å². The normalized spacial score (nSPS) is 18.6. The third kappa shape index (κ3) is 5.05. The molecule has 0 bridgehead atoms. The first-order chi connectivity index (χ1) is 18.3. The lowest BCUT2D eigenvalue weighted by Crippen LogP contribution is -2.61. The summed E-state index contributed by atoms with van der Waals surface area (Å²) in [5, 5.41) is 30.4. The monoisotopic (exact) mass is 531 g/mol. The highest BCUT2D eigenvalue weighted by atomic mass is 32.2. The highest BCUT2D eigenvalue weighted by molar-refractivity contribution is 7.86. The first kappa shape index (κ1) is 25.6. The number of β-lactam (4-membered cyclic amide) rings is 1. The molecule has 5 rings (SSSR count). The van der Waals surface area contributed by atoms with Gasteiger partial charge in [0.15, 0.2) is 0 Å². The molecule has 4 unspecified atom stereocenters. The standard InChI is InChI=1S/C30H26FNO5S/c31-22-12-9-19(10-13-22)26(34)15-16-38(37)29-28(32(30(29)36)23-6-2-1-3-7-23)25-14-11-21(18-27(25)35)20-5-4-8-24(33)17-20/h1-14,17-18,26,28-29,33-35H,15-16H2. The van der Waals surface area contributed by atoms with Crippen molar-refractivity contribution in [1.82, 2.24) is 0 Å². The summed E-state index contributed by atoms with van der Waals surface area (Å²) in [7, 11) is -1.65. The minimum Gasteiger partial charge on any atom is -0.508 e. The van der Waals surface area contributed by atoms with Gasteiger partial charge in [-0.1, -0.05) is 54.6 Å². The molecule has 1 saturated heterocycles. The van der Waals surface area contributed by atoms with Crippen molar-refractivity contribution in [3.05, 3.63) is 114 Å². The zero-order valence-corrected chi connectivity index (χ0v) is 21.1. The second-order valence-corrected chi connectivity index (χ2v) is 10.9. The average Bonchev–Trinajstić information content (AvgIpc) is 2.91. The van der Waals surface area contributed by atoms with Crippen LogP contribution in [0.5, 0.6) is 11.5 Å². The van der Waals surface area contributed by atoms with Crippen LogP contribution in [0.3, 0.4) is 0 Å². The number of carbonyl (C=O) groups is 1. The van der Waals surface area contributed by atoms with Crippen LogP contribution in [0.15, 0.2) is 97.1 Å². The zero-order chi connectivity index (χ0) is 26.8. The number of aromatic hydroxyl groups is 2. The van der Waals surface area contributed by atoms with Crippen LogP contribution in [0.2, 0.25) is 0 Å². The van der Waals surface area contributed by atoms with Crippen LogP contribution in [0.4, 0.5) is 10.1 Å². The molecule has 0 saturated carbocycles. The van der Waals surface area contributed by atoms with Crippen molar-refractivity contribution in [2.75, 3.05) is 10.7 Å². The van der Waals surface area contributed by atoms with Gasteiger partial charge in [0.05, 0.1) is 12.1 Å². The fourth-order valence-corrected chi connectivity index (χ4v) is 6.37. The largest absolute Gasteiger partial charge is 0.508 e. The molecule has 6 nitrogen and oxygen atoms in total. The summed E-state index contributed by atoms with van der Waals surface area (Å²) in [6, 6.07) is 25.5. The number of hydrogen-bond donors (Lipinski definition) is 3. The van der Waals surface area contributed by atoms with E-state index in [2.05, 4.69) is 0 Å². The number of anilines is 1. The molecule has 3 N–H and O–H groups in total. The molecular formula is C30H26FNO5S. The van der Waals surface area contributed by atoms with E-state index in [0.29, 0.717) is 27.9 Å². The average molecular weight is 532 g/mol. The van der Waals surface area contributed by atoms with Gasteiger partial charge in [-0.2, -0.15) is 0 Å². The molecule has 1 aliphatic rings. The summed E-state index contributed by atoms with van der Waals surface area (Å²) < 4.78 is 26.6. The molecule has 0 spiro atoms. The predicted octanol–water partition coefficient (Wildman–Crippen LogP) is 5.23. The fourth-order valence-electron chi connectivity index (χ4n) is 4.76. The molecule has 8 heteroatoms. The number of benzene rings is 4. The highest BCUT2D eigenvalue weighted by Gasteiger charge is 2.53. The van der Waals surface area contributed by atoms with E-state index < -0.39 is 34.0 Å². The number of para-hydroxylation sites is 1. The summed E-state index contributed by atoms with van der Waals surface area (Å²) >= 11 is 0. The number of carbonyl (C=O) groups excluding carboxylic acids is 1. The summed E-state index contributed by atoms with van der Waals surface area (Å²) in [6.07, 6.45) is -0.823. The minimum absolute atomic E-state index is 0.0518. The van der Waals surface area contributed by atoms with Gasteiger partial charge in [0, 0.05) is 27.8 Å².